The third kappa shape index (κ3) is 5.00. The molecule has 134 valence electrons. The van der Waals surface area contributed by atoms with Crippen molar-refractivity contribution in [3.05, 3.63) is 47.0 Å². The number of Topliss-reactive ketones (excluding diaryl/α,β-unsaturated/α-hetero) is 1. The van der Waals surface area contributed by atoms with Crippen LogP contribution in [0, 0.1) is 12.8 Å². The van der Waals surface area contributed by atoms with Gasteiger partial charge in [-0.15, -0.1) is 10.2 Å². The molecule has 1 aliphatic rings. The highest BCUT2D eigenvalue weighted by atomic mass is 16.1. The fourth-order valence-electron chi connectivity index (χ4n) is 3.26. The Morgan fingerprint density at radius 2 is 1.92 bits per heavy atom. The number of hydrogen-bond acceptors (Lipinski definition) is 3. The van der Waals surface area contributed by atoms with Crippen LogP contribution in [0.2, 0.25) is 0 Å². The van der Waals surface area contributed by atoms with Crippen LogP contribution < -0.4 is 0 Å². The molecule has 1 aliphatic carbocycles. The summed E-state index contributed by atoms with van der Waals surface area (Å²) in [4.78, 5) is 12.4. The van der Waals surface area contributed by atoms with Crippen molar-refractivity contribution in [1.29, 1.82) is 0 Å². The summed E-state index contributed by atoms with van der Waals surface area (Å²) in [5.74, 6) is 3.06. The van der Waals surface area contributed by atoms with E-state index in [1.807, 2.05) is 12.1 Å². The summed E-state index contributed by atoms with van der Waals surface area (Å²) in [7, 11) is 0. The first kappa shape index (κ1) is 17.8. The van der Waals surface area contributed by atoms with Crippen LogP contribution in [0.3, 0.4) is 0 Å². The Kier molecular flexibility index (Phi) is 5.67. The highest BCUT2D eigenvalue weighted by Crippen LogP contribution is 2.37. The average molecular weight is 339 g/mol. The van der Waals surface area contributed by atoms with Gasteiger partial charge in [0.25, 0.3) is 0 Å². The number of hydrogen-bond donors (Lipinski definition) is 0. The summed E-state index contributed by atoms with van der Waals surface area (Å²) < 4.78 is 2.32. The van der Waals surface area contributed by atoms with E-state index >= 15 is 0 Å². The summed E-state index contributed by atoms with van der Waals surface area (Å²) in [6, 6.07) is 8.77. The number of benzene rings is 1. The van der Waals surface area contributed by atoms with Gasteiger partial charge in [0.2, 0.25) is 0 Å². The van der Waals surface area contributed by atoms with Crippen molar-refractivity contribution in [3.8, 4) is 0 Å². The van der Waals surface area contributed by atoms with Gasteiger partial charge in [-0.2, -0.15) is 0 Å². The second kappa shape index (κ2) is 7.94. The van der Waals surface area contributed by atoms with E-state index < -0.39 is 0 Å². The van der Waals surface area contributed by atoms with Gasteiger partial charge in [-0.1, -0.05) is 43.7 Å². The first-order valence-corrected chi connectivity index (χ1v) is 9.53. The minimum Gasteiger partial charge on any atom is -0.312 e. The zero-order chi connectivity index (χ0) is 17.8. The Bertz CT molecular complexity index is 728. The lowest BCUT2D eigenvalue weighted by Gasteiger charge is -2.10. The maximum atomic E-state index is 12.4. The third-order valence-corrected chi connectivity index (χ3v) is 4.81. The minimum absolute atomic E-state index is 0.277. The third-order valence-electron chi connectivity index (χ3n) is 4.81. The fraction of sp³-hybridized carbons (Fsp3) is 0.571. The zero-order valence-corrected chi connectivity index (χ0v) is 15.7. The average Bonchev–Trinajstić information content (AvgIpc) is 3.31. The van der Waals surface area contributed by atoms with Crippen LogP contribution in [0.4, 0.5) is 0 Å². The summed E-state index contributed by atoms with van der Waals surface area (Å²) >= 11 is 0. The largest absolute Gasteiger partial charge is 0.312 e. The van der Waals surface area contributed by atoms with E-state index in [2.05, 4.69) is 47.7 Å². The van der Waals surface area contributed by atoms with Crippen LogP contribution >= 0.6 is 0 Å². The molecule has 4 nitrogen and oxygen atoms in total. The van der Waals surface area contributed by atoms with Gasteiger partial charge in [-0.25, -0.2) is 0 Å². The number of aryl methyl sites for hydroxylation is 3. The molecule has 0 spiro atoms. The van der Waals surface area contributed by atoms with Crippen LogP contribution in [0.25, 0.3) is 0 Å². The van der Waals surface area contributed by atoms with Gasteiger partial charge in [0, 0.05) is 31.7 Å². The fourth-order valence-corrected chi connectivity index (χ4v) is 3.26. The van der Waals surface area contributed by atoms with Gasteiger partial charge >= 0.3 is 0 Å². The van der Waals surface area contributed by atoms with Crippen molar-refractivity contribution in [3.63, 3.8) is 0 Å². The number of ketones is 1. The van der Waals surface area contributed by atoms with E-state index in [0.717, 1.165) is 30.1 Å². The van der Waals surface area contributed by atoms with Crippen molar-refractivity contribution in [2.45, 2.75) is 71.8 Å². The second-order valence-electron chi connectivity index (χ2n) is 7.77. The van der Waals surface area contributed by atoms with E-state index in [-0.39, 0.29) is 5.78 Å². The number of carbonyl (C=O) groups excluding carboxylic acids is 1. The molecule has 1 saturated carbocycles. The van der Waals surface area contributed by atoms with E-state index in [1.54, 1.807) is 0 Å². The van der Waals surface area contributed by atoms with Gasteiger partial charge in [-0.3, -0.25) is 4.79 Å². The lowest BCUT2D eigenvalue weighted by Crippen LogP contribution is -2.10. The lowest BCUT2D eigenvalue weighted by molar-refractivity contribution is -0.118. The van der Waals surface area contributed by atoms with Gasteiger partial charge in [-0.05, 0) is 37.7 Å². The molecule has 4 heteroatoms. The molecular formula is C21H29N3O. The molecule has 1 aromatic carbocycles. The molecule has 25 heavy (non-hydrogen) atoms. The van der Waals surface area contributed by atoms with Crippen molar-refractivity contribution < 1.29 is 4.79 Å². The number of carbonyl (C=O) groups is 1. The van der Waals surface area contributed by atoms with Crippen LogP contribution in [0.1, 0.15) is 68.3 Å². The van der Waals surface area contributed by atoms with Crippen LogP contribution in [0.5, 0.6) is 0 Å². The van der Waals surface area contributed by atoms with Gasteiger partial charge in [0.05, 0.1) is 0 Å². The molecule has 0 radical (unpaired) electrons. The number of rotatable bonds is 9. The molecule has 1 aromatic heterocycles. The predicted molar refractivity (Wildman–Crippen MR) is 99.7 cm³/mol. The standard InChI is InChI=1S/C21H29N3O/c1-15(2)7-11-20-22-23-21(24(20)18-8-9-18)12-10-19(25)14-17-6-4-5-16(3)13-17/h4-6,13,15,18H,7-12,14H2,1-3H3. The van der Waals surface area contributed by atoms with Crippen molar-refractivity contribution in [2.24, 2.45) is 5.92 Å². The van der Waals surface area contributed by atoms with Gasteiger partial charge in [0.15, 0.2) is 0 Å². The zero-order valence-electron chi connectivity index (χ0n) is 15.7. The number of aromatic nitrogens is 3. The summed E-state index contributed by atoms with van der Waals surface area (Å²) in [5.41, 5.74) is 2.31. The highest BCUT2D eigenvalue weighted by molar-refractivity contribution is 5.81. The molecule has 2 aromatic rings. The van der Waals surface area contributed by atoms with Gasteiger partial charge < -0.3 is 4.57 Å². The summed E-state index contributed by atoms with van der Waals surface area (Å²) in [5, 5.41) is 8.83. The second-order valence-corrected chi connectivity index (χ2v) is 7.77. The summed E-state index contributed by atoms with van der Waals surface area (Å²) in [6.45, 7) is 6.54. The topological polar surface area (TPSA) is 47.8 Å². The predicted octanol–water partition coefficient (Wildman–Crippen LogP) is 4.25. The Morgan fingerprint density at radius 3 is 2.56 bits per heavy atom. The molecule has 0 atom stereocenters. The van der Waals surface area contributed by atoms with E-state index in [1.165, 1.54) is 18.4 Å². The highest BCUT2D eigenvalue weighted by Gasteiger charge is 2.29. The minimum atomic E-state index is 0.277. The van der Waals surface area contributed by atoms with E-state index in [0.29, 0.717) is 31.2 Å². The number of nitrogens with zero attached hydrogens (tertiary/aromatic N) is 3. The van der Waals surface area contributed by atoms with Crippen molar-refractivity contribution in [2.75, 3.05) is 0 Å². The molecule has 1 heterocycles. The van der Waals surface area contributed by atoms with E-state index in [9.17, 15) is 4.79 Å². The summed E-state index contributed by atoms with van der Waals surface area (Å²) in [6.07, 6.45) is 6.32. The maximum Gasteiger partial charge on any atom is 0.137 e. The molecular weight excluding hydrogens is 310 g/mol. The van der Waals surface area contributed by atoms with Crippen molar-refractivity contribution in [1.82, 2.24) is 14.8 Å². The molecule has 1 fully saturated rings. The Balaban J connectivity index is 1.60. The SMILES string of the molecule is Cc1cccc(CC(=O)CCc2nnc(CCC(C)C)n2C2CC2)c1. The first-order valence-electron chi connectivity index (χ1n) is 9.53. The maximum absolute atomic E-state index is 12.4. The lowest BCUT2D eigenvalue weighted by atomic mass is 10.0. The van der Waals surface area contributed by atoms with Crippen molar-refractivity contribution >= 4 is 5.78 Å². The smallest absolute Gasteiger partial charge is 0.137 e. The monoisotopic (exact) mass is 339 g/mol. The molecule has 3 rings (SSSR count). The van der Waals surface area contributed by atoms with E-state index in [4.69, 9.17) is 0 Å². The van der Waals surface area contributed by atoms with Crippen LogP contribution in [-0.4, -0.2) is 20.5 Å². The van der Waals surface area contributed by atoms with Gasteiger partial charge in [0.1, 0.15) is 17.4 Å². The molecule has 0 aliphatic heterocycles. The molecule has 0 N–H and O–H groups in total. The normalized spacial score (nSPS) is 14.2. The molecule has 0 unspecified atom stereocenters. The van der Waals surface area contributed by atoms with Crippen LogP contribution in [-0.2, 0) is 24.1 Å². The molecule has 0 saturated heterocycles. The Labute approximate surface area is 150 Å². The Morgan fingerprint density at radius 1 is 1.20 bits per heavy atom. The van der Waals surface area contributed by atoms with Crippen LogP contribution in [0.15, 0.2) is 24.3 Å². The quantitative estimate of drug-likeness (QED) is 0.686. The molecule has 0 amide bonds. The Hall–Kier alpha value is -1.97. The first-order chi connectivity index (χ1) is 12.0. The molecule has 0 bridgehead atoms.